The Morgan fingerprint density at radius 1 is 1.45 bits per heavy atom. The van der Waals surface area contributed by atoms with Crippen molar-refractivity contribution in [3.63, 3.8) is 0 Å². The number of hydrogen-bond acceptors (Lipinski definition) is 4. The fourth-order valence-corrected chi connectivity index (χ4v) is 3.39. The summed E-state index contributed by atoms with van der Waals surface area (Å²) in [7, 11) is 0. The van der Waals surface area contributed by atoms with Crippen LogP contribution in [0.4, 0.5) is 0 Å². The summed E-state index contributed by atoms with van der Waals surface area (Å²) in [5.74, 6) is 1.49. The Morgan fingerprint density at radius 2 is 2.25 bits per heavy atom. The maximum atomic E-state index is 5.94. The number of halogens is 1. The molecule has 0 atom stereocenters. The van der Waals surface area contributed by atoms with E-state index < -0.39 is 0 Å². The summed E-state index contributed by atoms with van der Waals surface area (Å²) in [6.45, 7) is 3.06. The summed E-state index contributed by atoms with van der Waals surface area (Å²) < 4.78 is 5.84. The predicted octanol–water partition coefficient (Wildman–Crippen LogP) is 4.02. The highest BCUT2D eigenvalue weighted by Gasteiger charge is 2.29. The average molecular weight is 309 g/mol. The highest BCUT2D eigenvalue weighted by Crippen LogP contribution is 2.42. The predicted molar refractivity (Wildman–Crippen MR) is 82.5 cm³/mol. The van der Waals surface area contributed by atoms with Gasteiger partial charge in [-0.25, -0.2) is 4.98 Å². The standard InChI is InChI=1S/C15H17ClN2OS/c1-9-6-11(16)4-5-12(9)19-8-14-18-15(10-2-3-10)13(7-17)20-14/h4-6,10H,2-3,7-8,17H2,1H3. The van der Waals surface area contributed by atoms with Crippen LogP contribution < -0.4 is 10.5 Å². The van der Waals surface area contributed by atoms with E-state index in [0.29, 0.717) is 19.1 Å². The molecule has 1 saturated carbocycles. The molecular weight excluding hydrogens is 292 g/mol. The van der Waals surface area contributed by atoms with E-state index in [1.807, 2.05) is 25.1 Å². The van der Waals surface area contributed by atoms with Gasteiger partial charge in [0, 0.05) is 22.4 Å². The van der Waals surface area contributed by atoms with Crippen LogP contribution in [0.25, 0.3) is 0 Å². The fraction of sp³-hybridized carbons (Fsp3) is 0.400. The van der Waals surface area contributed by atoms with Crippen LogP contribution in [0.3, 0.4) is 0 Å². The maximum absolute atomic E-state index is 5.94. The highest BCUT2D eigenvalue weighted by atomic mass is 35.5. The van der Waals surface area contributed by atoms with E-state index in [2.05, 4.69) is 0 Å². The minimum absolute atomic E-state index is 0.493. The zero-order valence-electron chi connectivity index (χ0n) is 11.4. The molecule has 1 aliphatic rings. The molecule has 2 N–H and O–H groups in total. The van der Waals surface area contributed by atoms with Crippen LogP contribution >= 0.6 is 22.9 Å². The smallest absolute Gasteiger partial charge is 0.140 e. The van der Waals surface area contributed by atoms with Gasteiger partial charge in [0.15, 0.2) is 0 Å². The lowest BCUT2D eigenvalue weighted by Crippen LogP contribution is -1.97. The molecule has 1 heterocycles. The van der Waals surface area contributed by atoms with Crippen LogP contribution in [0.1, 0.15) is 39.9 Å². The molecule has 3 nitrogen and oxygen atoms in total. The molecule has 1 aromatic heterocycles. The third-order valence-electron chi connectivity index (χ3n) is 3.41. The van der Waals surface area contributed by atoms with E-state index in [1.165, 1.54) is 23.4 Å². The van der Waals surface area contributed by atoms with Crippen molar-refractivity contribution in [2.24, 2.45) is 5.73 Å². The van der Waals surface area contributed by atoms with Crippen molar-refractivity contribution in [1.82, 2.24) is 4.98 Å². The van der Waals surface area contributed by atoms with E-state index in [-0.39, 0.29) is 0 Å². The number of ether oxygens (including phenoxy) is 1. The van der Waals surface area contributed by atoms with E-state index in [4.69, 9.17) is 27.1 Å². The molecule has 0 bridgehead atoms. The number of hydrogen-bond donors (Lipinski definition) is 1. The number of aromatic nitrogens is 1. The van der Waals surface area contributed by atoms with Gasteiger partial charge in [-0.2, -0.15) is 0 Å². The van der Waals surface area contributed by atoms with Crippen LogP contribution in [0.2, 0.25) is 5.02 Å². The first kappa shape index (κ1) is 13.9. The van der Waals surface area contributed by atoms with E-state index in [1.54, 1.807) is 11.3 Å². The van der Waals surface area contributed by atoms with Gasteiger partial charge in [-0.1, -0.05) is 11.6 Å². The molecule has 1 fully saturated rings. The van der Waals surface area contributed by atoms with Crippen molar-refractivity contribution >= 4 is 22.9 Å². The number of benzene rings is 1. The van der Waals surface area contributed by atoms with Crippen molar-refractivity contribution < 1.29 is 4.74 Å². The van der Waals surface area contributed by atoms with Gasteiger partial charge in [-0.05, 0) is 43.5 Å². The Hall–Kier alpha value is -1.10. The van der Waals surface area contributed by atoms with Gasteiger partial charge in [-0.3, -0.25) is 0 Å². The quantitative estimate of drug-likeness (QED) is 0.907. The van der Waals surface area contributed by atoms with Gasteiger partial charge < -0.3 is 10.5 Å². The fourth-order valence-electron chi connectivity index (χ4n) is 2.21. The van der Waals surface area contributed by atoms with Crippen LogP contribution in [-0.2, 0) is 13.2 Å². The molecule has 0 amide bonds. The zero-order valence-corrected chi connectivity index (χ0v) is 12.9. The lowest BCUT2D eigenvalue weighted by molar-refractivity contribution is 0.303. The molecule has 0 saturated heterocycles. The topological polar surface area (TPSA) is 48.1 Å². The van der Waals surface area contributed by atoms with E-state index in [9.17, 15) is 0 Å². The molecule has 0 radical (unpaired) electrons. The van der Waals surface area contributed by atoms with Crippen molar-refractivity contribution in [1.29, 1.82) is 0 Å². The Bertz CT molecular complexity index is 622. The summed E-state index contributed by atoms with van der Waals surface area (Å²) in [5, 5.41) is 1.73. The molecule has 2 aromatic rings. The van der Waals surface area contributed by atoms with Gasteiger partial charge in [0.2, 0.25) is 0 Å². The Kier molecular flexibility index (Phi) is 3.96. The first-order valence-corrected chi connectivity index (χ1v) is 7.94. The Labute approximate surface area is 127 Å². The molecule has 1 aliphatic carbocycles. The number of nitrogens with zero attached hydrogens (tertiary/aromatic N) is 1. The highest BCUT2D eigenvalue weighted by molar-refractivity contribution is 7.11. The van der Waals surface area contributed by atoms with Crippen molar-refractivity contribution in [2.45, 2.75) is 38.8 Å². The van der Waals surface area contributed by atoms with E-state index in [0.717, 1.165) is 21.3 Å². The Morgan fingerprint density at radius 3 is 2.90 bits per heavy atom. The summed E-state index contributed by atoms with van der Waals surface area (Å²) >= 11 is 7.61. The van der Waals surface area contributed by atoms with Gasteiger partial charge in [0.05, 0.1) is 5.69 Å². The largest absolute Gasteiger partial charge is 0.486 e. The monoisotopic (exact) mass is 308 g/mol. The molecule has 20 heavy (non-hydrogen) atoms. The number of aryl methyl sites for hydroxylation is 1. The van der Waals surface area contributed by atoms with Crippen molar-refractivity contribution in [3.05, 3.63) is 44.4 Å². The molecule has 3 rings (SSSR count). The molecular formula is C15H17ClN2OS. The first-order chi connectivity index (χ1) is 9.67. The van der Waals surface area contributed by atoms with Gasteiger partial charge in [-0.15, -0.1) is 11.3 Å². The molecule has 0 aliphatic heterocycles. The Balaban J connectivity index is 1.71. The van der Waals surface area contributed by atoms with Crippen LogP contribution in [-0.4, -0.2) is 4.98 Å². The van der Waals surface area contributed by atoms with Crippen LogP contribution in [0.5, 0.6) is 5.75 Å². The minimum atomic E-state index is 0.493. The second kappa shape index (κ2) is 5.72. The lowest BCUT2D eigenvalue weighted by atomic mass is 10.2. The summed E-state index contributed by atoms with van der Waals surface area (Å²) in [5.41, 5.74) is 8.03. The average Bonchev–Trinajstić information content (AvgIpc) is 3.18. The molecule has 0 spiro atoms. The SMILES string of the molecule is Cc1cc(Cl)ccc1OCc1nc(C2CC2)c(CN)s1. The summed E-state index contributed by atoms with van der Waals surface area (Å²) in [6.07, 6.45) is 2.49. The number of nitrogens with two attached hydrogens (primary N) is 1. The third kappa shape index (κ3) is 2.97. The van der Waals surface area contributed by atoms with Crippen LogP contribution in [0.15, 0.2) is 18.2 Å². The third-order valence-corrected chi connectivity index (χ3v) is 4.71. The summed E-state index contributed by atoms with van der Waals surface area (Å²) in [4.78, 5) is 5.90. The normalized spacial score (nSPS) is 14.6. The molecule has 0 unspecified atom stereocenters. The number of rotatable bonds is 5. The molecule has 106 valence electrons. The van der Waals surface area contributed by atoms with Gasteiger partial charge in [0.25, 0.3) is 0 Å². The minimum Gasteiger partial charge on any atom is -0.486 e. The molecule has 5 heteroatoms. The zero-order chi connectivity index (χ0) is 14.1. The second-order valence-electron chi connectivity index (χ2n) is 5.09. The van der Waals surface area contributed by atoms with Crippen molar-refractivity contribution in [2.75, 3.05) is 0 Å². The summed E-state index contributed by atoms with van der Waals surface area (Å²) in [6, 6.07) is 5.64. The van der Waals surface area contributed by atoms with Gasteiger partial charge in [0.1, 0.15) is 17.4 Å². The molecule has 1 aromatic carbocycles. The second-order valence-corrected chi connectivity index (χ2v) is 6.70. The number of thiazole rings is 1. The first-order valence-electron chi connectivity index (χ1n) is 6.75. The van der Waals surface area contributed by atoms with Crippen LogP contribution in [0, 0.1) is 6.92 Å². The lowest BCUT2D eigenvalue weighted by Gasteiger charge is -2.07. The van der Waals surface area contributed by atoms with Crippen molar-refractivity contribution in [3.8, 4) is 5.75 Å². The maximum Gasteiger partial charge on any atom is 0.140 e. The van der Waals surface area contributed by atoms with Gasteiger partial charge >= 0.3 is 0 Å². The van der Waals surface area contributed by atoms with E-state index >= 15 is 0 Å².